The molecule has 1 aromatic carbocycles. The quantitative estimate of drug-likeness (QED) is 0.809. The molecule has 1 saturated carbocycles. The summed E-state index contributed by atoms with van der Waals surface area (Å²) in [5.74, 6) is -0.233. The van der Waals surface area contributed by atoms with Crippen LogP contribution in [0.15, 0.2) is 18.2 Å². The smallest absolute Gasteiger partial charge is 0.148 e. The van der Waals surface area contributed by atoms with Gasteiger partial charge < -0.3 is 0 Å². The van der Waals surface area contributed by atoms with Gasteiger partial charge in [0.2, 0.25) is 0 Å². The van der Waals surface area contributed by atoms with E-state index in [1.807, 2.05) is 6.92 Å². The highest BCUT2D eigenvalue weighted by atomic mass is 35.5. The van der Waals surface area contributed by atoms with Crippen LogP contribution >= 0.6 is 11.6 Å². The lowest BCUT2D eigenvalue weighted by Crippen LogP contribution is -2.39. The highest BCUT2D eigenvalue weighted by Gasteiger charge is 2.33. The molecule has 0 aliphatic heterocycles. The predicted octanol–water partition coefficient (Wildman–Crippen LogP) is 2.88. The Hall–Kier alpha value is -0.650. The van der Waals surface area contributed by atoms with Crippen LogP contribution in [0.1, 0.15) is 25.3 Å². The second-order valence-electron chi connectivity index (χ2n) is 5.58. The molecule has 0 heterocycles. The Labute approximate surface area is 124 Å². The Balaban J connectivity index is 2.13. The molecular formula is C14H19ClFNO2S. The van der Waals surface area contributed by atoms with Crippen LogP contribution in [-0.2, 0) is 16.4 Å². The molecule has 0 N–H and O–H groups in total. The average molecular weight is 320 g/mol. The first-order valence-corrected chi connectivity index (χ1v) is 9.07. The summed E-state index contributed by atoms with van der Waals surface area (Å²) in [4.78, 5) is 2.15. The van der Waals surface area contributed by atoms with E-state index in [-0.39, 0.29) is 17.6 Å². The van der Waals surface area contributed by atoms with Crippen LogP contribution < -0.4 is 0 Å². The molecule has 6 heteroatoms. The normalized spacial score (nSPS) is 17.4. The fourth-order valence-electron chi connectivity index (χ4n) is 2.43. The van der Waals surface area contributed by atoms with Gasteiger partial charge in [-0.15, -0.1) is 0 Å². The van der Waals surface area contributed by atoms with Crippen molar-refractivity contribution in [1.82, 2.24) is 4.90 Å². The van der Waals surface area contributed by atoms with Crippen LogP contribution in [0.2, 0.25) is 5.02 Å². The molecule has 0 bridgehead atoms. The summed E-state index contributed by atoms with van der Waals surface area (Å²) < 4.78 is 36.0. The van der Waals surface area contributed by atoms with Crippen LogP contribution in [0.5, 0.6) is 0 Å². The topological polar surface area (TPSA) is 37.4 Å². The van der Waals surface area contributed by atoms with Crippen LogP contribution in [0, 0.1) is 5.82 Å². The van der Waals surface area contributed by atoms with Crippen molar-refractivity contribution in [2.45, 2.75) is 38.4 Å². The number of hydrogen-bond donors (Lipinski definition) is 0. The molecule has 112 valence electrons. The van der Waals surface area contributed by atoms with Crippen molar-refractivity contribution in [3.63, 3.8) is 0 Å². The van der Waals surface area contributed by atoms with Gasteiger partial charge in [0.15, 0.2) is 0 Å². The summed E-state index contributed by atoms with van der Waals surface area (Å²) in [6.07, 6.45) is 3.40. The molecule has 20 heavy (non-hydrogen) atoms. The van der Waals surface area contributed by atoms with E-state index in [1.54, 1.807) is 6.07 Å². The predicted molar refractivity (Wildman–Crippen MR) is 79.1 cm³/mol. The lowest BCUT2D eigenvalue weighted by atomic mass is 10.2. The van der Waals surface area contributed by atoms with Crippen molar-refractivity contribution in [1.29, 1.82) is 0 Å². The van der Waals surface area contributed by atoms with Crippen molar-refractivity contribution in [3.8, 4) is 0 Å². The van der Waals surface area contributed by atoms with Crippen LogP contribution in [0.3, 0.4) is 0 Å². The summed E-state index contributed by atoms with van der Waals surface area (Å²) in [6, 6.07) is 4.68. The van der Waals surface area contributed by atoms with E-state index in [4.69, 9.17) is 11.6 Å². The van der Waals surface area contributed by atoms with E-state index in [0.717, 1.165) is 18.4 Å². The fourth-order valence-corrected chi connectivity index (χ4v) is 3.73. The van der Waals surface area contributed by atoms with E-state index in [2.05, 4.69) is 4.90 Å². The second-order valence-corrected chi connectivity index (χ2v) is 8.17. The third kappa shape index (κ3) is 4.43. The Kier molecular flexibility index (Phi) is 4.72. The summed E-state index contributed by atoms with van der Waals surface area (Å²) in [5.41, 5.74) is 0.834. The third-order valence-corrected chi connectivity index (χ3v) is 4.93. The largest absolute Gasteiger partial charge is 0.292 e. The zero-order chi connectivity index (χ0) is 14.9. The maximum atomic E-state index is 13.1. The summed E-state index contributed by atoms with van der Waals surface area (Å²) >= 11 is 6.05. The molecule has 0 aromatic heterocycles. The fraction of sp³-hybridized carbons (Fsp3) is 0.571. The lowest BCUT2D eigenvalue weighted by Gasteiger charge is -2.29. The maximum Gasteiger partial charge on any atom is 0.148 e. The number of nitrogens with zero attached hydrogens (tertiary/aromatic N) is 1. The van der Waals surface area contributed by atoms with Gasteiger partial charge >= 0.3 is 0 Å². The summed E-state index contributed by atoms with van der Waals surface area (Å²) in [6.45, 7) is 2.47. The van der Waals surface area contributed by atoms with Gasteiger partial charge in [0.25, 0.3) is 0 Å². The highest BCUT2D eigenvalue weighted by molar-refractivity contribution is 7.90. The van der Waals surface area contributed by atoms with E-state index in [9.17, 15) is 12.8 Å². The Bertz CT molecular complexity index is 587. The minimum Gasteiger partial charge on any atom is -0.292 e. The average Bonchev–Trinajstić information content (AvgIpc) is 3.09. The number of benzene rings is 1. The van der Waals surface area contributed by atoms with Gasteiger partial charge in [-0.3, -0.25) is 4.90 Å². The summed E-state index contributed by atoms with van der Waals surface area (Å²) in [7, 11) is -3.02. The molecule has 0 unspecified atom stereocenters. The van der Waals surface area contributed by atoms with E-state index in [0.29, 0.717) is 17.6 Å². The Morgan fingerprint density at radius 3 is 2.60 bits per heavy atom. The zero-order valence-electron chi connectivity index (χ0n) is 11.6. The van der Waals surface area contributed by atoms with Gasteiger partial charge in [0.1, 0.15) is 15.7 Å². The maximum absolute atomic E-state index is 13.1. The molecule has 1 aromatic rings. The van der Waals surface area contributed by atoms with Crippen LogP contribution in [0.4, 0.5) is 4.39 Å². The molecule has 1 aliphatic rings. The van der Waals surface area contributed by atoms with Gasteiger partial charge in [-0.1, -0.05) is 17.7 Å². The first-order chi connectivity index (χ1) is 9.26. The number of rotatable bonds is 6. The van der Waals surface area contributed by atoms with E-state index < -0.39 is 9.84 Å². The van der Waals surface area contributed by atoms with Gasteiger partial charge in [0, 0.05) is 29.9 Å². The van der Waals surface area contributed by atoms with Gasteiger partial charge in [-0.05, 0) is 37.5 Å². The minimum absolute atomic E-state index is 0.0707. The number of halogens is 2. The number of hydrogen-bond acceptors (Lipinski definition) is 3. The molecule has 0 radical (unpaired) electrons. The molecule has 1 aliphatic carbocycles. The third-order valence-electron chi connectivity index (χ3n) is 3.49. The first kappa shape index (κ1) is 15.7. The molecule has 2 rings (SSSR count). The van der Waals surface area contributed by atoms with Gasteiger partial charge in [-0.2, -0.15) is 0 Å². The molecule has 3 nitrogen and oxygen atoms in total. The van der Waals surface area contributed by atoms with Crippen LogP contribution in [0.25, 0.3) is 0 Å². The number of sulfone groups is 1. The Morgan fingerprint density at radius 2 is 2.10 bits per heavy atom. The SMILES string of the molecule is C[C@H](CS(C)(=O)=O)N(Cc1ccc(F)cc1Cl)C1CC1. The van der Waals surface area contributed by atoms with Crippen molar-refractivity contribution < 1.29 is 12.8 Å². The van der Waals surface area contributed by atoms with Gasteiger partial charge in [-0.25, -0.2) is 12.8 Å². The molecule has 1 atom stereocenters. The van der Waals surface area contributed by atoms with Crippen molar-refractivity contribution in [2.75, 3.05) is 12.0 Å². The van der Waals surface area contributed by atoms with E-state index >= 15 is 0 Å². The molecule has 0 amide bonds. The minimum atomic E-state index is -3.02. The first-order valence-electron chi connectivity index (χ1n) is 6.63. The molecule has 0 saturated heterocycles. The molecule has 1 fully saturated rings. The van der Waals surface area contributed by atoms with Crippen LogP contribution in [-0.4, -0.2) is 37.4 Å². The highest BCUT2D eigenvalue weighted by Crippen LogP contribution is 2.32. The van der Waals surface area contributed by atoms with Crippen molar-refractivity contribution in [3.05, 3.63) is 34.6 Å². The summed E-state index contributed by atoms with van der Waals surface area (Å²) in [5, 5.41) is 0.391. The Morgan fingerprint density at radius 1 is 1.45 bits per heavy atom. The zero-order valence-corrected chi connectivity index (χ0v) is 13.2. The van der Waals surface area contributed by atoms with Crippen molar-refractivity contribution >= 4 is 21.4 Å². The standard InChI is InChI=1S/C14H19ClFNO2S/c1-10(9-20(2,18)19)17(13-5-6-13)8-11-3-4-12(16)7-14(11)15/h3-4,7,10,13H,5-6,8-9H2,1-2H3/t10-/m1/s1. The lowest BCUT2D eigenvalue weighted by molar-refractivity contribution is 0.204. The van der Waals surface area contributed by atoms with E-state index in [1.165, 1.54) is 18.4 Å². The van der Waals surface area contributed by atoms with Crippen molar-refractivity contribution in [2.24, 2.45) is 0 Å². The molecular weight excluding hydrogens is 301 g/mol. The van der Waals surface area contributed by atoms with Gasteiger partial charge in [0.05, 0.1) is 5.75 Å². The monoisotopic (exact) mass is 319 g/mol. The molecule has 0 spiro atoms. The second kappa shape index (κ2) is 6.00.